The van der Waals surface area contributed by atoms with Crippen molar-refractivity contribution < 1.29 is 50.5 Å². The van der Waals surface area contributed by atoms with Gasteiger partial charge in [-0.1, -0.05) is 11.3 Å². The van der Waals surface area contributed by atoms with Crippen molar-refractivity contribution in [1.82, 2.24) is 14.9 Å². The third-order valence-electron chi connectivity index (χ3n) is 8.01. The Hall–Kier alpha value is -4.23. The number of esters is 2. The largest absolute Gasteiger partial charge is 0.573 e. The van der Waals surface area contributed by atoms with Crippen molar-refractivity contribution in [1.29, 1.82) is 0 Å². The third-order valence-corrected chi connectivity index (χ3v) is 9.97. The van der Waals surface area contributed by atoms with Gasteiger partial charge in [0.15, 0.2) is 5.13 Å². The molecule has 3 N–H and O–H groups in total. The van der Waals surface area contributed by atoms with Crippen LogP contribution in [0.15, 0.2) is 30.6 Å². The fourth-order valence-electron chi connectivity index (χ4n) is 5.60. The summed E-state index contributed by atoms with van der Waals surface area (Å²) in [5.41, 5.74) is 4.85. The first-order chi connectivity index (χ1) is 23.0. The van der Waals surface area contributed by atoms with Gasteiger partial charge in [0.2, 0.25) is 12.7 Å². The fourth-order valence-corrected chi connectivity index (χ4v) is 7.44. The minimum absolute atomic E-state index is 0.0172. The van der Waals surface area contributed by atoms with E-state index in [0.29, 0.717) is 10.5 Å². The number of carbonyl (C=O) groups excluding carboxylic acids is 3. The van der Waals surface area contributed by atoms with Crippen molar-refractivity contribution in [3.63, 3.8) is 0 Å². The summed E-state index contributed by atoms with van der Waals surface area (Å²) in [5, 5.41) is 1.42. The van der Waals surface area contributed by atoms with Gasteiger partial charge in [-0.25, -0.2) is 23.3 Å². The molecule has 266 valence electrons. The van der Waals surface area contributed by atoms with E-state index in [-0.39, 0.29) is 34.7 Å². The third kappa shape index (κ3) is 8.33. The molecule has 3 atom stereocenters. The number of hydrogen-bond donors (Lipinski definition) is 2. The molecule has 5 rings (SSSR count). The molecule has 2 aliphatic rings. The number of pyridine rings is 1. The van der Waals surface area contributed by atoms with E-state index < -0.39 is 71.9 Å². The van der Waals surface area contributed by atoms with Gasteiger partial charge in [0.05, 0.1) is 11.6 Å². The van der Waals surface area contributed by atoms with Gasteiger partial charge in [-0.3, -0.25) is 14.1 Å². The summed E-state index contributed by atoms with van der Waals surface area (Å²) in [6, 6.07) is 1.09. The number of ether oxygens (including phenoxy) is 3. The van der Waals surface area contributed by atoms with E-state index in [0.717, 1.165) is 52.5 Å². The highest BCUT2D eigenvalue weighted by Gasteiger charge is 2.45. The normalized spacial score (nSPS) is 18.1. The molecule has 14 nitrogen and oxygen atoms in total. The van der Waals surface area contributed by atoms with Crippen LogP contribution in [0.3, 0.4) is 0 Å². The zero-order valence-electron chi connectivity index (χ0n) is 26.8. The Kier molecular flexibility index (Phi) is 10.5. The van der Waals surface area contributed by atoms with Crippen LogP contribution in [0.4, 0.5) is 29.1 Å². The standard InChI is InChI=1S/C30H35F3N6O8S2/c1-29(2,3)27(42)46-16-45-26(41)21(13-18-12-17-6-8-35-24(34)19(17)14-22(18)47-30(31,32)33)38-11-7-20(25(38)40)39(49(43)44)23-15-36-28(48-23)37-9-4-5-10-37/h6,8,12,14-15,20-21H,4-5,7,9-11,13,16H2,1-3H3,(H2,34,35)(H,43,44)/t20-,21+/m0/s1. The molecule has 2 saturated heterocycles. The average molecular weight is 729 g/mol. The van der Waals surface area contributed by atoms with E-state index in [4.69, 9.17) is 15.2 Å². The Bertz CT molecular complexity index is 1740. The highest BCUT2D eigenvalue weighted by Crippen LogP contribution is 2.37. The number of aromatic nitrogens is 2. The van der Waals surface area contributed by atoms with Crippen LogP contribution in [-0.2, 0) is 41.5 Å². The van der Waals surface area contributed by atoms with Crippen LogP contribution in [0.1, 0.15) is 45.6 Å². The maximum absolute atomic E-state index is 14.0. The maximum Gasteiger partial charge on any atom is 0.573 e. The highest BCUT2D eigenvalue weighted by atomic mass is 32.2. The Labute approximate surface area is 285 Å². The Morgan fingerprint density at radius 3 is 2.53 bits per heavy atom. The van der Waals surface area contributed by atoms with E-state index >= 15 is 0 Å². The second-order valence-corrected chi connectivity index (χ2v) is 14.3. The van der Waals surface area contributed by atoms with Crippen LogP contribution in [-0.4, -0.2) is 86.3 Å². The number of rotatable bonds is 11. The first-order valence-electron chi connectivity index (χ1n) is 15.2. The van der Waals surface area contributed by atoms with Gasteiger partial charge >= 0.3 is 18.3 Å². The van der Waals surface area contributed by atoms with Gasteiger partial charge in [-0.2, -0.15) is 0 Å². The van der Waals surface area contributed by atoms with Crippen molar-refractivity contribution in [2.75, 3.05) is 41.4 Å². The van der Waals surface area contributed by atoms with Crippen LogP contribution >= 0.6 is 11.3 Å². The van der Waals surface area contributed by atoms with Crippen LogP contribution < -0.4 is 19.7 Å². The summed E-state index contributed by atoms with van der Waals surface area (Å²) in [5.74, 6) is -3.27. The molecule has 0 spiro atoms. The molecule has 0 bridgehead atoms. The number of nitrogen functional groups attached to an aromatic ring is 1. The number of nitrogens with two attached hydrogens (primary N) is 1. The van der Waals surface area contributed by atoms with E-state index in [1.54, 1.807) is 20.8 Å². The molecule has 19 heteroatoms. The van der Waals surface area contributed by atoms with Gasteiger partial charge in [-0.05, 0) is 69.2 Å². The smallest absolute Gasteiger partial charge is 0.427 e. The number of hydrogen-bond acceptors (Lipinski definition) is 12. The Morgan fingerprint density at radius 2 is 1.88 bits per heavy atom. The molecule has 2 fully saturated rings. The lowest BCUT2D eigenvalue weighted by Gasteiger charge is -2.29. The predicted molar refractivity (Wildman–Crippen MR) is 174 cm³/mol. The van der Waals surface area contributed by atoms with E-state index in [1.165, 1.54) is 24.5 Å². The lowest BCUT2D eigenvalue weighted by molar-refractivity contribution is -0.274. The quantitative estimate of drug-likeness (QED) is 0.165. The van der Waals surface area contributed by atoms with Crippen molar-refractivity contribution in [3.8, 4) is 5.75 Å². The monoisotopic (exact) mass is 728 g/mol. The molecular formula is C30H35F3N6O8S2. The molecule has 1 unspecified atom stereocenters. The highest BCUT2D eigenvalue weighted by molar-refractivity contribution is 7.81. The second-order valence-electron chi connectivity index (χ2n) is 12.5. The first-order valence-corrected chi connectivity index (χ1v) is 17.1. The number of alkyl halides is 3. The molecule has 49 heavy (non-hydrogen) atoms. The van der Waals surface area contributed by atoms with Gasteiger partial charge in [-0.15, -0.1) is 13.2 Å². The SMILES string of the molecule is CC(C)(C)C(=O)OCOC(=O)[C@@H](Cc1cc2ccnc(N)c2cc1OC(F)(F)F)N1CC[C@H](N(c2cnc(N3CCCC3)s2)S(=O)O)C1=O. The van der Waals surface area contributed by atoms with Gasteiger partial charge < -0.3 is 29.7 Å². The summed E-state index contributed by atoms with van der Waals surface area (Å²) >= 11 is -1.54. The van der Waals surface area contributed by atoms with Crippen molar-refractivity contribution >= 4 is 67.2 Å². The first kappa shape index (κ1) is 36.1. The van der Waals surface area contributed by atoms with Crippen LogP contribution in [0, 0.1) is 5.41 Å². The molecule has 2 aromatic heterocycles. The molecule has 1 aromatic carbocycles. The summed E-state index contributed by atoms with van der Waals surface area (Å²) in [6.07, 6.45) is -0.969. The van der Waals surface area contributed by atoms with E-state index in [2.05, 4.69) is 14.7 Å². The number of anilines is 3. The molecule has 1 amide bonds. The van der Waals surface area contributed by atoms with Crippen molar-refractivity contribution in [2.45, 2.75) is 64.9 Å². The number of halogens is 3. The zero-order chi connectivity index (χ0) is 35.7. The Morgan fingerprint density at radius 1 is 1.16 bits per heavy atom. The van der Waals surface area contributed by atoms with E-state index in [9.17, 15) is 36.3 Å². The molecule has 2 aliphatic heterocycles. The lowest BCUT2D eigenvalue weighted by Crippen LogP contribution is -2.49. The second kappa shape index (κ2) is 14.3. The molecule has 0 aliphatic carbocycles. The number of thiazole rings is 1. The number of amides is 1. The van der Waals surface area contributed by atoms with Crippen LogP contribution in [0.5, 0.6) is 5.75 Å². The van der Waals surface area contributed by atoms with Gasteiger partial charge in [0.1, 0.15) is 28.7 Å². The molecule has 4 heterocycles. The fraction of sp³-hybridized carbons (Fsp3) is 0.500. The topological polar surface area (TPSA) is 178 Å². The number of fused-ring (bicyclic) bond motifs is 1. The number of nitrogens with zero attached hydrogens (tertiary/aromatic N) is 5. The predicted octanol–water partition coefficient (Wildman–Crippen LogP) is 4.02. The number of benzene rings is 1. The summed E-state index contributed by atoms with van der Waals surface area (Å²) in [4.78, 5) is 51.3. The minimum Gasteiger partial charge on any atom is -0.427 e. The van der Waals surface area contributed by atoms with Gasteiger partial charge in [0, 0.05) is 37.6 Å². The summed E-state index contributed by atoms with van der Waals surface area (Å²) in [6.45, 7) is 5.35. The summed E-state index contributed by atoms with van der Waals surface area (Å²) in [7, 11) is 0. The number of likely N-dealkylation sites (tertiary alicyclic amines) is 1. The number of carbonyl (C=O) groups is 3. The van der Waals surface area contributed by atoms with Crippen molar-refractivity contribution in [2.24, 2.45) is 5.41 Å². The average Bonchev–Trinajstić information content (AvgIpc) is 3.78. The van der Waals surface area contributed by atoms with Crippen LogP contribution in [0.25, 0.3) is 10.8 Å². The molecule has 0 saturated carbocycles. The summed E-state index contributed by atoms with van der Waals surface area (Å²) < 4.78 is 79.2. The minimum atomic E-state index is -5.13. The molecular weight excluding hydrogens is 693 g/mol. The zero-order valence-corrected chi connectivity index (χ0v) is 28.4. The Balaban J connectivity index is 1.47. The molecule has 3 aromatic rings. The van der Waals surface area contributed by atoms with E-state index in [1.807, 2.05) is 4.90 Å². The lowest BCUT2D eigenvalue weighted by atomic mass is 9.98. The molecule has 0 radical (unpaired) electrons. The van der Waals surface area contributed by atoms with Crippen molar-refractivity contribution in [3.05, 3.63) is 36.2 Å². The maximum atomic E-state index is 14.0. The van der Waals surface area contributed by atoms with Crippen LogP contribution in [0.2, 0.25) is 0 Å². The van der Waals surface area contributed by atoms with Gasteiger partial charge in [0.25, 0.3) is 11.3 Å².